The molecule has 0 spiro atoms. The van der Waals surface area contributed by atoms with Crippen molar-refractivity contribution in [2.24, 2.45) is 10.7 Å². The number of rotatable bonds is 3. The highest BCUT2D eigenvalue weighted by Gasteiger charge is 1.87. The quantitative estimate of drug-likeness (QED) is 0.253. The molecule has 0 bridgehead atoms. The second kappa shape index (κ2) is 4.81. The van der Waals surface area contributed by atoms with Crippen molar-refractivity contribution in [1.82, 2.24) is 5.48 Å². The van der Waals surface area contributed by atoms with E-state index in [0.29, 0.717) is 6.61 Å². The highest BCUT2D eigenvalue weighted by atomic mass is 16.6. The lowest BCUT2D eigenvalue weighted by atomic mass is 10.4. The molecule has 0 radical (unpaired) electrons. The molecule has 0 aliphatic carbocycles. The summed E-state index contributed by atoms with van der Waals surface area (Å²) in [6.07, 6.45) is 0. The van der Waals surface area contributed by atoms with Gasteiger partial charge in [0, 0.05) is 7.05 Å². The lowest BCUT2D eigenvalue weighted by Crippen LogP contribution is -2.31. The molecule has 0 aromatic carbocycles. The molecular weight excluding hydrogens is 130 g/mol. The molecule has 0 saturated carbocycles. The summed E-state index contributed by atoms with van der Waals surface area (Å²) in [6.45, 7) is 5.93. The Labute approximate surface area is 60.7 Å². The smallest absolute Gasteiger partial charge is 0.212 e. The first-order valence-electron chi connectivity index (χ1n) is 2.91. The molecule has 0 atom stereocenters. The zero-order chi connectivity index (χ0) is 7.98. The molecule has 3 N–H and O–H groups in total. The number of aliphatic imine (C=N–C) groups is 1. The summed E-state index contributed by atoms with van der Waals surface area (Å²) in [7, 11) is 1.58. The maximum atomic E-state index is 5.24. The predicted molar refractivity (Wildman–Crippen MR) is 41.4 cm³/mol. The van der Waals surface area contributed by atoms with Crippen LogP contribution >= 0.6 is 0 Å². The highest BCUT2D eigenvalue weighted by Crippen LogP contribution is 1.83. The molecule has 0 unspecified atom stereocenters. The van der Waals surface area contributed by atoms with Gasteiger partial charge in [-0.05, 0) is 6.92 Å². The summed E-state index contributed by atoms with van der Waals surface area (Å²) in [4.78, 5) is 8.46. The largest absolute Gasteiger partial charge is 0.368 e. The first-order chi connectivity index (χ1) is 4.66. The molecule has 58 valence electrons. The second-order valence-electron chi connectivity index (χ2n) is 1.96. The van der Waals surface area contributed by atoms with Crippen LogP contribution in [0.25, 0.3) is 0 Å². The van der Waals surface area contributed by atoms with Crippen LogP contribution in [0, 0.1) is 0 Å². The van der Waals surface area contributed by atoms with Gasteiger partial charge in [-0.25, -0.2) is 5.48 Å². The number of hydrogen-bond donors (Lipinski definition) is 2. The van der Waals surface area contributed by atoms with Crippen LogP contribution < -0.4 is 11.2 Å². The van der Waals surface area contributed by atoms with Crippen molar-refractivity contribution in [3.63, 3.8) is 0 Å². The van der Waals surface area contributed by atoms with Gasteiger partial charge in [0.2, 0.25) is 5.96 Å². The van der Waals surface area contributed by atoms with Gasteiger partial charge >= 0.3 is 0 Å². The lowest BCUT2D eigenvalue weighted by molar-refractivity contribution is 0.104. The lowest BCUT2D eigenvalue weighted by Gasteiger charge is -2.03. The van der Waals surface area contributed by atoms with E-state index in [-0.39, 0.29) is 5.96 Å². The monoisotopic (exact) mass is 143 g/mol. The molecule has 0 rings (SSSR count). The van der Waals surface area contributed by atoms with Gasteiger partial charge in [-0.1, -0.05) is 12.2 Å². The number of hydroxylamine groups is 1. The second-order valence-corrected chi connectivity index (χ2v) is 1.96. The number of nitrogens with zero attached hydrogens (tertiary/aromatic N) is 1. The molecule has 0 heterocycles. The van der Waals surface area contributed by atoms with E-state index in [4.69, 9.17) is 10.6 Å². The number of hydrogen-bond acceptors (Lipinski definition) is 2. The van der Waals surface area contributed by atoms with E-state index in [2.05, 4.69) is 17.1 Å². The summed E-state index contributed by atoms with van der Waals surface area (Å²) >= 11 is 0. The van der Waals surface area contributed by atoms with Crippen molar-refractivity contribution >= 4 is 5.96 Å². The summed E-state index contributed by atoms with van der Waals surface area (Å²) in [5.41, 5.74) is 8.60. The highest BCUT2D eigenvalue weighted by molar-refractivity contribution is 5.76. The Kier molecular flexibility index (Phi) is 4.32. The Bertz CT molecular complexity index is 142. The van der Waals surface area contributed by atoms with Crippen LogP contribution in [0.4, 0.5) is 0 Å². The van der Waals surface area contributed by atoms with E-state index < -0.39 is 0 Å². The Morgan fingerprint density at radius 2 is 2.40 bits per heavy atom. The third-order valence-corrected chi connectivity index (χ3v) is 0.736. The van der Waals surface area contributed by atoms with Crippen LogP contribution in [-0.4, -0.2) is 19.6 Å². The molecule has 10 heavy (non-hydrogen) atoms. The molecule has 0 saturated heterocycles. The molecule has 0 aromatic rings. The Morgan fingerprint density at radius 1 is 1.80 bits per heavy atom. The van der Waals surface area contributed by atoms with Gasteiger partial charge < -0.3 is 5.73 Å². The third kappa shape index (κ3) is 5.11. The Morgan fingerprint density at radius 3 is 2.80 bits per heavy atom. The van der Waals surface area contributed by atoms with Crippen LogP contribution in [0.15, 0.2) is 17.1 Å². The fraction of sp³-hybridized carbons (Fsp3) is 0.500. The van der Waals surface area contributed by atoms with Gasteiger partial charge in [0.05, 0.1) is 6.61 Å². The fourth-order valence-electron chi connectivity index (χ4n) is 0.279. The van der Waals surface area contributed by atoms with E-state index in [1.54, 1.807) is 7.05 Å². The average molecular weight is 143 g/mol. The summed E-state index contributed by atoms with van der Waals surface area (Å²) in [6, 6.07) is 0. The van der Waals surface area contributed by atoms with Gasteiger partial charge in [0.1, 0.15) is 0 Å². The van der Waals surface area contributed by atoms with Crippen LogP contribution in [0.5, 0.6) is 0 Å². The summed E-state index contributed by atoms with van der Waals surface area (Å²) in [5, 5.41) is 0. The van der Waals surface area contributed by atoms with Crippen LogP contribution in [0.1, 0.15) is 6.92 Å². The van der Waals surface area contributed by atoms with Crippen LogP contribution in [0.2, 0.25) is 0 Å². The molecule has 0 aromatic heterocycles. The van der Waals surface area contributed by atoms with Gasteiger partial charge in [-0.15, -0.1) is 0 Å². The maximum absolute atomic E-state index is 5.24. The van der Waals surface area contributed by atoms with E-state index >= 15 is 0 Å². The molecule has 0 aliphatic heterocycles. The van der Waals surface area contributed by atoms with E-state index in [9.17, 15) is 0 Å². The third-order valence-electron chi connectivity index (χ3n) is 0.736. The van der Waals surface area contributed by atoms with Gasteiger partial charge in [0.25, 0.3) is 0 Å². The van der Waals surface area contributed by atoms with Gasteiger partial charge in [0.15, 0.2) is 0 Å². The summed E-state index contributed by atoms with van der Waals surface area (Å²) in [5.74, 6) is 0.265. The van der Waals surface area contributed by atoms with Gasteiger partial charge in [-0.3, -0.25) is 9.83 Å². The van der Waals surface area contributed by atoms with Crippen molar-refractivity contribution in [1.29, 1.82) is 0 Å². The number of guanidine groups is 1. The van der Waals surface area contributed by atoms with Crippen molar-refractivity contribution in [2.75, 3.05) is 13.7 Å². The first kappa shape index (κ1) is 8.97. The molecular formula is C6H13N3O. The minimum atomic E-state index is 0.265. The molecule has 0 aliphatic rings. The van der Waals surface area contributed by atoms with Gasteiger partial charge in [-0.2, -0.15) is 0 Å². The molecule has 4 heteroatoms. The van der Waals surface area contributed by atoms with E-state index in [0.717, 1.165) is 5.57 Å². The standard InChI is InChI=1S/C6H13N3O/c1-5(2)4-10-9-6(7)8-3/h1,4H2,2-3H3,(H3,7,8,9). The minimum absolute atomic E-state index is 0.265. The SMILES string of the molecule is C=C(C)CONC(N)=NC. The van der Waals surface area contributed by atoms with Crippen molar-refractivity contribution < 1.29 is 4.84 Å². The predicted octanol–water partition coefficient (Wildman–Crippen LogP) is 0.0282. The van der Waals surface area contributed by atoms with Crippen LogP contribution in [-0.2, 0) is 4.84 Å². The molecule has 0 amide bonds. The van der Waals surface area contributed by atoms with Crippen molar-refractivity contribution in [3.05, 3.63) is 12.2 Å². The Hall–Kier alpha value is -1.03. The Balaban J connectivity index is 3.29. The topological polar surface area (TPSA) is 59.6 Å². The maximum Gasteiger partial charge on any atom is 0.212 e. The first-order valence-corrected chi connectivity index (χ1v) is 2.91. The van der Waals surface area contributed by atoms with E-state index in [1.165, 1.54) is 0 Å². The zero-order valence-electron chi connectivity index (χ0n) is 6.35. The van der Waals surface area contributed by atoms with E-state index in [1.807, 2.05) is 6.92 Å². The van der Waals surface area contributed by atoms with Crippen LogP contribution in [0.3, 0.4) is 0 Å². The van der Waals surface area contributed by atoms with Crippen molar-refractivity contribution in [3.8, 4) is 0 Å². The minimum Gasteiger partial charge on any atom is -0.368 e. The zero-order valence-corrected chi connectivity index (χ0v) is 6.35. The number of nitrogens with one attached hydrogen (secondary N) is 1. The van der Waals surface area contributed by atoms with Crippen molar-refractivity contribution in [2.45, 2.75) is 6.92 Å². The molecule has 0 fully saturated rings. The summed E-state index contributed by atoms with van der Waals surface area (Å²) < 4.78 is 0. The normalized spacial score (nSPS) is 11.2. The number of nitrogens with two attached hydrogens (primary N) is 1. The average Bonchev–Trinajstić information content (AvgIpc) is 1.87. The molecule has 4 nitrogen and oxygen atoms in total. The fourth-order valence-corrected chi connectivity index (χ4v) is 0.279.